The van der Waals surface area contributed by atoms with Gasteiger partial charge in [0.2, 0.25) is 0 Å². The van der Waals surface area contributed by atoms with Gasteiger partial charge in [-0.3, -0.25) is 0 Å². The predicted octanol–water partition coefficient (Wildman–Crippen LogP) is 4.09. The van der Waals surface area contributed by atoms with Gasteiger partial charge in [-0.05, 0) is 41.6 Å². The Morgan fingerprint density at radius 2 is 1.78 bits per heavy atom. The van der Waals surface area contributed by atoms with Gasteiger partial charge in [0, 0.05) is 18.8 Å². The normalized spacial score (nSPS) is 11.6. The van der Waals surface area contributed by atoms with Crippen molar-refractivity contribution < 1.29 is 8.42 Å². The fraction of sp³-hybridized carbons (Fsp3) is 0.150. The van der Waals surface area contributed by atoms with Crippen LogP contribution in [0.2, 0.25) is 0 Å². The van der Waals surface area contributed by atoms with Crippen LogP contribution in [0.1, 0.15) is 18.1 Å². The summed E-state index contributed by atoms with van der Waals surface area (Å²) in [5.41, 5.74) is 3.19. The number of thiophene rings is 1. The fourth-order valence-corrected chi connectivity index (χ4v) is 4.37. The van der Waals surface area contributed by atoms with Crippen LogP contribution < -0.4 is 9.73 Å². The third-order valence-electron chi connectivity index (χ3n) is 4.00. The van der Waals surface area contributed by atoms with Crippen molar-refractivity contribution in [3.63, 3.8) is 0 Å². The molecular weight excluding hydrogens is 378 g/mol. The lowest BCUT2D eigenvalue weighted by molar-refractivity contribution is 0.587. The molecule has 0 radical (unpaired) electrons. The molecule has 0 aliphatic heterocycles. The first-order valence-corrected chi connectivity index (χ1v) is 10.9. The molecule has 140 valence electrons. The van der Waals surface area contributed by atoms with Crippen LogP contribution in [0.5, 0.6) is 0 Å². The van der Waals surface area contributed by atoms with Gasteiger partial charge in [0.05, 0.1) is 6.21 Å². The molecule has 1 aromatic heterocycles. The van der Waals surface area contributed by atoms with E-state index in [0.29, 0.717) is 0 Å². The molecule has 0 aliphatic rings. The Labute approximate surface area is 164 Å². The fourth-order valence-electron chi connectivity index (χ4n) is 2.59. The number of nitrogens with zero attached hydrogens (tertiary/aromatic N) is 2. The van der Waals surface area contributed by atoms with E-state index >= 15 is 0 Å². The summed E-state index contributed by atoms with van der Waals surface area (Å²) >= 11 is 1.15. The van der Waals surface area contributed by atoms with E-state index in [-0.39, 0.29) is 4.21 Å². The Morgan fingerprint density at radius 1 is 1.04 bits per heavy atom. The number of nitrogens with one attached hydrogen (secondary N) is 1. The molecule has 0 bridgehead atoms. The standard InChI is InChI=1S/C20H21N3O2S2/c1-2-23(16-18-7-4-3-5-8-18)19-12-10-17(11-13-19)15-21-22-27(24,25)20-9-6-14-26-20/h3-15,22H,2,16H2,1H3/b21-15+. The van der Waals surface area contributed by atoms with Crippen molar-refractivity contribution >= 4 is 33.3 Å². The van der Waals surface area contributed by atoms with Crippen molar-refractivity contribution in [2.45, 2.75) is 17.7 Å². The third kappa shape index (κ3) is 5.18. The zero-order valence-electron chi connectivity index (χ0n) is 14.9. The Bertz CT molecular complexity index is 968. The summed E-state index contributed by atoms with van der Waals surface area (Å²) in [6.07, 6.45) is 1.50. The predicted molar refractivity (Wildman–Crippen MR) is 112 cm³/mol. The van der Waals surface area contributed by atoms with Crippen molar-refractivity contribution in [1.82, 2.24) is 4.83 Å². The van der Waals surface area contributed by atoms with E-state index in [1.807, 2.05) is 42.5 Å². The first-order valence-electron chi connectivity index (χ1n) is 8.56. The van der Waals surface area contributed by atoms with E-state index < -0.39 is 10.0 Å². The largest absolute Gasteiger partial charge is 0.367 e. The maximum Gasteiger partial charge on any atom is 0.286 e. The minimum Gasteiger partial charge on any atom is -0.367 e. The van der Waals surface area contributed by atoms with E-state index in [0.717, 1.165) is 35.7 Å². The van der Waals surface area contributed by atoms with Crippen LogP contribution in [0, 0.1) is 0 Å². The molecule has 27 heavy (non-hydrogen) atoms. The molecular formula is C20H21N3O2S2. The van der Waals surface area contributed by atoms with Crippen molar-refractivity contribution in [2.75, 3.05) is 11.4 Å². The second-order valence-electron chi connectivity index (χ2n) is 5.88. The van der Waals surface area contributed by atoms with E-state index in [9.17, 15) is 8.42 Å². The lowest BCUT2D eigenvalue weighted by atomic mass is 10.1. The zero-order chi connectivity index (χ0) is 19.1. The molecule has 2 aromatic carbocycles. The second kappa shape index (κ2) is 8.83. The monoisotopic (exact) mass is 399 g/mol. The summed E-state index contributed by atoms with van der Waals surface area (Å²) in [5.74, 6) is 0. The quantitative estimate of drug-likeness (QED) is 0.458. The van der Waals surface area contributed by atoms with Crippen LogP contribution in [0.25, 0.3) is 0 Å². The Hall–Kier alpha value is -2.64. The zero-order valence-corrected chi connectivity index (χ0v) is 16.6. The molecule has 3 rings (SSSR count). The van der Waals surface area contributed by atoms with Gasteiger partial charge in [-0.15, -0.1) is 11.3 Å². The number of rotatable bonds is 8. The smallest absolute Gasteiger partial charge is 0.286 e. The highest BCUT2D eigenvalue weighted by Gasteiger charge is 2.13. The van der Waals surface area contributed by atoms with Crippen molar-refractivity contribution in [3.05, 3.63) is 83.2 Å². The van der Waals surface area contributed by atoms with Gasteiger partial charge in [0.25, 0.3) is 10.0 Å². The summed E-state index contributed by atoms with van der Waals surface area (Å²) in [5, 5.41) is 5.58. The van der Waals surface area contributed by atoms with Crippen LogP contribution in [-0.4, -0.2) is 21.2 Å². The number of hydrazone groups is 1. The molecule has 5 nitrogen and oxygen atoms in total. The number of anilines is 1. The average molecular weight is 400 g/mol. The minimum atomic E-state index is -3.58. The molecule has 0 saturated heterocycles. The summed E-state index contributed by atoms with van der Waals surface area (Å²) in [7, 11) is -3.58. The van der Waals surface area contributed by atoms with E-state index in [1.54, 1.807) is 17.5 Å². The van der Waals surface area contributed by atoms with Gasteiger partial charge >= 0.3 is 0 Å². The first kappa shape index (κ1) is 19.1. The van der Waals surface area contributed by atoms with Gasteiger partial charge < -0.3 is 4.90 Å². The average Bonchev–Trinajstić information content (AvgIpc) is 3.23. The SMILES string of the molecule is CCN(Cc1ccccc1)c1ccc(/C=N/NS(=O)(=O)c2cccs2)cc1. The molecule has 7 heteroatoms. The molecule has 0 aliphatic carbocycles. The molecule has 0 unspecified atom stereocenters. The van der Waals surface area contributed by atoms with Gasteiger partial charge in [-0.25, -0.2) is 0 Å². The van der Waals surface area contributed by atoms with Crippen molar-refractivity contribution in [2.24, 2.45) is 5.10 Å². The number of benzene rings is 2. The minimum absolute atomic E-state index is 0.245. The maximum absolute atomic E-state index is 12.0. The summed E-state index contributed by atoms with van der Waals surface area (Å²) in [6.45, 7) is 3.85. The topological polar surface area (TPSA) is 61.8 Å². The van der Waals surface area contributed by atoms with Gasteiger partial charge in [-0.1, -0.05) is 48.5 Å². The molecule has 1 heterocycles. The third-order valence-corrected chi connectivity index (χ3v) is 6.62. The van der Waals surface area contributed by atoms with Gasteiger partial charge in [0.15, 0.2) is 0 Å². The Balaban J connectivity index is 1.64. The first-order chi connectivity index (χ1) is 13.1. The van der Waals surface area contributed by atoms with Crippen LogP contribution in [0.4, 0.5) is 5.69 Å². The van der Waals surface area contributed by atoms with E-state index in [4.69, 9.17) is 0 Å². The van der Waals surface area contributed by atoms with Crippen LogP contribution in [-0.2, 0) is 16.6 Å². The van der Waals surface area contributed by atoms with Crippen LogP contribution in [0.15, 0.2) is 81.4 Å². The van der Waals surface area contributed by atoms with Gasteiger partial charge in [-0.2, -0.15) is 18.4 Å². The summed E-state index contributed by atoms with van der Waals surface area (Å²) in [6, 6.07) is 21.4. The maximum atomic E-state index is 12.0. The lowest BCUT2D eigenvalue weighted by Crippen LogP contribution is -2.21. The number of sulfonamides is 1. The second-order valence-corrected chi connectivity index (χ2v) is 8.71. The Kier molecular flexibility index (Phi) is 6.26. The van der Waals surface area contributed by atoms with E-state index in [1.165, 1.54) is 11.8 Å². The van der Waals surface area contributed by atoms with Crippen molar-refractivity contribution in [3.8, 4) is 0 Å². The molecule has 1 N–H and O–H groups in total. The highest BCUT2D eigenvalue weighted by atomic mass is 32.2. The molecule has 0 atom stereocenters. The number of hydrogen-bond donors (Lipinski definition) is 1. The van der Waals surface area contributed by atoms with E-state index in [2.05, 4.69) is 33.9 Å². The molecule has 0 amide bonds. The highest BCUT2D eigenvalue weighted by molar-refractivity contribution is 7.91. The van der Waals surface area contributed by atoms with Crippen LogP contribution >= 0.6 is 11.3 Å². The van der Waals surface area contributed by atoms with Crippen molar-refractivity contribution in [1.29, 1.82) is 0 Å². The van der Waals surface area contributed by atoms with Gasteiger partial charge in [0.1, 0.15) is 4.21 Å². The highest BCUT2D eigenvalue weighted by Crippen LogP contribution is 2.18. The Morgan fingerprint density at radius 3 is 2.41 bits per heavy atom. The van der Waals surface area contributed by atoms with Crippen LogP contribution in [0.3, 0.4) is 0 Å². The molecule has 0 spiro atoms. The molecule has 0 saturated carbocycles. The molecule has 3 aromatic rings. The summed E-state index contributed by atoms with van der Waals surface area (Å²) < 4.78 is 24.3. The number of hydrogen-bond acceptors (Lipinski definition) is 5. The molecule has 0 fully saturated rings. The lowest BCUT2D eigenvalue weighted by Gasteiger charge is -2.23. The summed E-state index contributed by atoms with van der Waals surface area (Å²) in [4.78, 5) is 4.51.